The standard InChI is InChI=1S/C23H36N2O4/c1-17(2)14-23(28-5,15-18(3)4)22(27)24-19-8-10-20(11-9-19)29-16-21(26)25-12-6-7-13-25/h8-11,17-18H,6-7,12-16H2,1-5H3,(H,24,27). The zero-order chi connectivity index (χ0) is 21.4. The lowest BCUT2D eigenvalue weighted by Crippen LogP contribution is -2.46. The Labute approximate surface area is 174 Å². The lowest BCUT2D eigenvalue weighted by molar-refractivity contribution is -0.142. The molecule has 2 amide bonds. The van der Waals surface area contributed by atoms with Crippen molar-refractivity contribution >= 4 is 17.5 Å². The highest BCUT2D eigenvalue weighted by Crippen LogP contribution is 2.30. The van der Waals surface area contributed by atoms with E-state index in [-0.39, 0.29) is 18.4 Å². The Morgan fingerprint density at radius 3 is 2.07 bits per heavy atom. The van der Waals surface area contributed by atoms with Crippen LogP contribution in [0.1, 0.15) is 53.4 Å². The Kier molecular flexibility index (Phi) is 8.50. The van der Waals surface area contributed by atoms with Crippen molar-refractivity contribution in [1.82, 2.24) is 4.90 Å². The molecule has 29 heavy (non-hydrogen) atoms. The average molecular weight is 405 g/mol. The van der Waals surface area contributed by atoms with Crippen LogP contribution in [-0.4, -0.2) is 49.1 Å². The van der Waals surface area contributed by atoms with E-state index in [0.29, 0.717) is 36.1 Å². The van der Waals surface area contributed by atoms with Gasteiger partial charge in [-0.05, 0) is 61.8 Å². The number of nitrogens with one attached hydrogen (secondary N) is 1. The van der Waals surface area contributed by atoms with Crippen molar-refractivity contribution in [1.29, 1.82) is 0 Å². The summed E-state index contributed by atoms with van der Waals surface area (Å²) in [6, 6.07) is 7.12. The zero-order valence-electron chi connectivity index (χ0n) is 18.5. The third-order valence-electron chi connectivity index (χ3n) is 5.21. The topological polar surface area (TPSA) is 67.9 Å². The van der Waals surface area contributed by atoms with Crippen molar-refractivity contribution in [2.45, 2.75) is 59.0 Å². The van der Waals surface area contributed by atoms with Gasteiger partial charge in [-0.1, -0.05) is 27.7 Å². The Balaban J connectivity index is 1.97. The first kappa shape index (κ1) is 23.2. The molecule has 0 bridgehead atoms. The van der Waals surface area contributed by atoms with Gasteiger partial charge in [0.15, 0.2) is 6.61 Å². The minimum Gasteiger partial charge on any atom is -0.484 e. The van der Waals surface area contributed by atoms with E-state index in [1.54, 1.807) is 31.4 Å². The molecule has 0 radical (unpaired) electrons. The van der Waals surface area contributed by atoms with Gasteiger partial charge in [0.1, 0.15) is 11.4 Å². The molecule has 1 N–H and O–H groups in total. The zero-order valence-corrected chi connectivity index (χ0v) is 18.5. The Morgan fingerprint density at radius 2 is 1.59 bits per heavy atom. The number of hydrogen-bond donors (Lipinski definition) is 1. The third kappa shape index (κ3) is 6.74. The number of ether oxygens (including phenoxy) is 2. The number of amides is 2. The van der Waals surface area contributed by atoms with E-state index in [0.717, 1.165) is 25.9 Å². The first-order valence-electron chi connectivity index (χ1n) is 10.6. The number of nitrogens with zero attached hydrogens (tertiary/aromatic N) is 1. The van der Waals surface area contributed by atoms with Gasteiger partial charge in [0.25, 0.3) is 11.8 Å². The minimum atomic E-state index is -0.848. The first-order chi connectivity index (χ1) is 13.8. The van der Waals surface area contributed by atoms with Gasteiger partial charge in [0, 0.05) is 25.9 Å². The number of hydrogen-bond acceptors (Lipinski definition) is 4. The first-order valence-corrected chi connectivity index (χ1v) is 10.6. The number of carbonyl (C=O) groups is 2. The maximum absolute atomic E-state index is 13.1. The van der Waals surface area contributed by atoms with E-state index in [9.17, 15) is 9.59 Å². The molecule has 6 nitrogen and oxygen atoms in total. The van der Waals surface area contributed by atoms with Gasteiger partial charge in [-0.2, -0.15) is 0 Å². The predicted octanol–water partition coefficient (Wildman–Crippen LogP) is 4.10. The summed E-state index contributed by atoms with van der Waals surface area (Å²) in [5.74, 6) is 1.18. The highest BCUT2D eigenvalue weighted by atomic mass is 16.5. The van der Waals surface area contributed by atoms with Crippen LogP contribution in [-0.2, 0) is 14.3 Å². The van der Waals surface area contributed by atoms with E-state index in [1.165, 1.54) is 0 Å². The fourth-order valence-corrected chi connectivity index (χ4v) is 3.93. The van der Waals surface area contributed by atoms with Crippen LogP contribution in [0.2, 0.25) is 0 Å². The Bertz CT molecular complexity index is 654. The Hall–Kier alpha value is -2.08. The molecule has 2 rings (SSSR count). The van der Waals surface area contributed by atoms with Crippen molar-refractivity contribution < 1.29 is 19.1 Å². The second kappa shape index (κ2) is 10.6. The molecule has 1 aliphatic heterocycles. The van der Waals surface area contributed by atoms with Gasteiger partial charge >= 0.3 is 0 Å². The van der Waals surface area contributed by atoms with Gasteiger partial charge in [0.2, 0.25) is 0 Å². The average Bonchev–Trinajstić information content (AvgIpc) is 3.20. The molecular formula is C23H36N2O4. The fourth-order valence-electron chi connectivity index (χ4n) is 3.93. The number of methoxy groups -OCH3 is 1. The van der Waals surface area contributed by atoms with Gasteiger partial charge in [-0.3, -0.25) is 9.59 Å². The smallest absolute Gasteiger partial charge is 0.260 e. The van der Waals surface area contributed by atoms with Crippen LogP contribution in [0.25, 0.3) is 0 Å². The van der Waals surface area contributed by atoms with Gasteiger partial charge < -0.3 is 19.7 Å². The lowest BCUT2D eigenvalue weighted by atomic mass is 9.84. The van der Waals surface area contributed by atoms with Crippen LogP contribution in [0.15, 0.2) is 24.3 Å². The molecule has 1 aliphatic rings. The van der Waals surface area contributed by atoms with E-state index in [4.69, 9.17) is 9.47 Å². The molecule has 1 aromatic rings. The van der Waals surface area contributed by atoms with E-state index < -0.39 is 5.60 Å². The predicted molar refractivity (Wildman–Crippen MR) is 115 cm³/mol. The molecular weight excluding hydrogens is 368 g/mol. The summed E-state index contributed by atoms with van der Waals surface area (Å²) in [6.45, 7) is 10.1. The second-order valence-corrected chi connectivity index (χ2v) is 8.75. The molecule has 0 atom stereocenters. The van der Waals surface area contributed by atoms with Crippen LogP contribution in [0, 0.1) is 11.8 Å². The highest BCUT2D eigenvalue weighted by molar-refractivity contribution is 5.97. The van der Waals surface area contributed by atoms with Gasteiger partial charge in [0.05, 0.1) is 0 Å². The molecule has 0 spiro atoms. The molecule has 0 unspecified atom stereocenters. The minimum absolute atomic E-state index is 0.0205. The van der Waals surface area contributed by atoms with Gasteiger partial charge in [-0.25, -0.2) is 0 Å². The number of benzene rings is 1. The van der Waals surface area contributed by atoms with Gasteiger partial charge in [-0.15, -0.1) is 0 Å². The quantitative estimate of drug-likeness (QED) is 0.637. The third-order valence-corrected chi connectivity index (χ3v) is 5.21. The van der Waals surface area contributed by atoms with Crippen molar-refractivity contribution in [3.63, 3.8) is 0 Å². The summed E-state index contributed by atoms with van der Waals surface area (Å²) in [6.07, 6.45) is 3.45. The second-order valence-electron chi connectivity index (χ2n) is 8.75. The van der Waals surface area contributed by atoms with Crippen molar-refractivity contribution in [3.05, 3.63) is 24.3 Å². The number of anilines is 1. The fraction of sp³-hybridized carbons (Fsp3) is 0.652. The molecule has 0 aromatic heterocycles. The van der Waals surface area contributed by atoms with E-state index in [2.05, 4.69) is 33.0 Å². The number of rotatable bonds is 10. The summed E-state index contributed by atoms with van der Waals surface area (Å²) in [5.41, 5.74) is -0.165. The largest absolute Gasteiger partial charge is 0.484 e. The summed E-state index contributed by atoms with van der Waals surface area (Å²) >= 11 is 0. The van der Waals surface area contributed by atoms with Crippen LogP contribution >= 0.6 is 0 Å². The van der Waals surface area contributed by atoms with Crippen LogP contribution in [0.4, 0.5) is 5.69 Å². The molecule has 1 heterocycles. The molecule has 6 heteroatoms. The van der Waals surface area contributed by atoms with Crippen molar-refractivity contribution in [2.75, 3.05) is 32.1 Å². The summed E-state index contributed by atoms with van der Waals surface area (Å²) in [4.78, 5) is 27.0. The van der Waals surface area contributed by atoms with Crippen LogP contribution in [0.5, 0.6) is 5.75 Å². The van der Waals surface area contributed by atoms with E-state index >= 15 is 0 Å². The Morgan fingerprint density at radius 1 is 1.03 bits per heavy atom. The summed E-state index contributed by atoms with van der Waals surface area (Å²) in [7, 11) is 1.61. The lowest BCUT2D eigenvalue weighted by Gasteiger charge is -2.34. The molecule has 0 aliphatic carbocycles. The number of likely N-dealkylation sites (tertiary alicyclic amines) is 1. The molecule has 0 saturated carbocycles. The number of carbonyl (C=O) groups excluding carboxylic acids is 2. The normalized spacial score (nSPS) is 14.5. The molecule has 162 valence electrons. The SMILES string of the molecule is COC(CC(C)C)(CC(C)C)C(=O)Nc1ccc(OCC(=O)N2CCCC2)cc1. The summed E-state index contributed by atoms with van der Waals surface area (Å²) in [5, 5.41) is 2.99. The maximum Gasteiger partial charge on any atom is 0.260 e. The molecule has 1 aromatic carbocycles. The molecule has 1 saturated heterocycles. The van der Waals surface area contributed by atoms with Crippen molar-refractivity contribution in [2.24, 2.45) is 11.8 Å². The van der Waals surface area contributed by atoms with Crippen molar-refractivity contribution in [3.8, 4) is 5.75 Å². The van der Waals surface area contributed by atoms with E-state index in [1.807, 2.05) is 4.90 Å². The van der Waals surface area contributed by atoms with Crippen LogP contribution in [0.3, 0.4) is 0 Å². The monoisotopic (exact) mass is 404 g/mol. The summed E-state index contributed by atoms with van der Waals surface area (Å²) < 4.78 is 11.4. The highest BCUT2D eigenvalue weighted by Gasteiger charge is 2.39. The maximum atomic E-state index is 13.1. The molecule has 1 fully saturated rings. The van der Waals surface area contributed by atoms with Crippen LogP contribution < -0.4 is 10.1 Å².